The van der Waals surface area contributed by atoms with Crippen molar-refractivity contribution in [3.05, 3.63) is 81.0 Å². The van der Waals surface area contributed by atoms with Crippen molar-refractivity contribution in [1.29, 1.82) is 10.5 Å². The van der Waals surface area contributed by atoms with E-state index < -0.39 is 0 Å². The maximum Gasteiger partial charge on any atom is 0.137 e. The first-order valence-corrected chi connectivity index (χ1v) is 9.43. The first kappa shape index (κ1) is 18.3. The van der Waals surface area contributed by atoms with Crippen LogP contribution in [0.15, 0.2) is 71.2 Å². The van der Waals surface area contributed by atoms with Crippen LogP contribution >= 0.6 is 22.7 Å². The topological polar surface area (TPSA) is 109 Å². The average molecular weight is 390 g/mol. The lowest BCUT2D eigenvalue weighted by Crippen LogP contribution is -1.98. The smallest absolute Gasteiger partial charge is 0.137 e. The molecule has 2 aromatic heterocycles. The fourth-order valence-electron chi connectivity index (χ4n) is 2.25. The highest BCUT2D eigenvalue weighted by atomic mass is 32.1. The van der Waals surface area contributed by atoms with E-state index in [-0.39, 0.29) is 5.57 Å². The minimum Gasteiger partial charge on any atom is -0.457 e. The number of hydrogen-bond donors (Lipinski definition) is 2. The van der Waals surface area contributed by atoms with E-state index in [9.17, 15) is 10.5 Å². The average Bonchev–Trinajstić information content (AvgIpc) is 3.27. The Morgan fingerprint density at radius 2 is 1.30 bits per heavy atom. The van der Waals surface area contributed by atoms with Gasteiger partial charge in [0.25, 0.3) is 0 Å². The van der Waals surface area contributed by atoms with Gasteiger partial charge in [0, 0.05) is 15.3 Å². The van der Waals surface area contributed by atoms with Crippen LogP contribution in [0.3, 0.4) is 0 Å². The summed E-state index contributed by atoms with van der Waals surface area (Å²) >= 11 is 2.91. The minimum absolute atomic E-state index is 0.0239. The fourth-order valence-corrected chi connectivity index (χ4v) is 3.61. The summed E-state index contributed by atoms with van der Waals surface area (Å²) in [7, 11) is 0. The van der Waals surface area contributed by atoms with Gasteiger partial charge < -0.3 is 16.2 Å². The summed E-state index contributed by atoms with van der Waals surface area (Å²) in [6, 6.07) is 11.3. The van der Waals surface area contributed by atoms with Crippen LogP contribution in [-0.4, -0.2) is 0 Å². The van der Waals surface area contributed by atoms with Gasteiger partial charge in [0.05, 0.1) is 10.0 Å². The lowest BCUT2D eigenvalue weighted by Gasteiger charge is -2.13. The van der Waals surface area contributed by atoms with Crippen LogP contribution in [-0.2, 0) is 4.74 Å². The zero-order valence-corrected chi connectivity index (χ0v) is 15.7. The molecule has 0 aromatic carbocycles. The van der Waals surface area contributed by atoms with Crippen molar-refractivity contribution in [3.63, 3.8) is 0 Å². The molecule has 3 rings (SSSR count). The molecule has 1 aliphatic rings. The van der Waals surface area contributed by atoms with Crippen LogP contribution in [0.4, 0.5) is 10.0 Å². The van der Waals surface area contributed by atoms with Gasteiger partial charge in [-0.3, -0.25) is 0 Å². The zero-order chi connectivity index (χ0) is 19.2. The Labute approximate surface area is 164 Å². The van der Waals surface area contributed by atoms with Crippen LogP contribution in [0.5, 0.6) is 0 Å². The predicted molar refractivity (Wildman–Crippen MR) is 111 cm³/mol. The molecule has 0 bridgehead atoms. The van der Waals surface area contributed by atoms with E-state index in [4.69, 9.17) is 16.2 Å². The normalized spacial score (nSPS) is 13.8. The zero-order valence-electron chi connectivity index (χ0n) is 14.0. The number of thiophene rings is 2. The summed E-state index contributed by atoms with van der Waals surface area (Å²) in [6.45, 7) is 0. The van der Waals surface area contributed by atoms with Crippen molar-refractivity contribution in [1.82, 2.24) is 0 Å². The molecular formula is C20H14N4OS2. The number of nitrogens with zero attached hydrogens (tertiary/aromatic N) is 2. The van der Waals surface area contributed by atoms with Gasteiger partial charge in [-0.15, -0.1) is 22.7 Å². The lowest BCUT2D eigenvalue weighted by molar-refractivity contribution is 0.332. The van der Waals surface area contributed by atoms with Gasteiger partial charge >= 0.3 is 0 Å². The van der Waals surface area contributed by atoms with Crippen LogP contribution in [0.1, 0.15) is 9.75 Å². The Morgan fingerprint density at radius 3 is 1.67 bits per heavy atom. The maximum atomic E-state index is 9.18. The fraction of sp³-hybridized carbons (Fsp3) is 0. The number of nitriles is 2. The summed E-state index contributed by atoms with van der Waals surface area (Å²) in [4.78, 5) is 1.95. The largest absolute Gasteiger partial charge is 0.457 e. The molecule has 0 saturated carbocycles. The number of nitrogens with two attached hydrogens (primary N) is 2. The Balaban J connectivity index is 1.90. The first-order chi connectivity index (χ1) is 13.1. The van der Waals surface area contributed by atoms with Crippen LogP contribution in [0, 0.1) is 22.7 Å². The number of allylic oxidation sites excluding steroid dienone is 6. The molecule has 0 saturated heterocycles. The molecule has 0 amide bonds. The first-order valence-electron chi connectivity index (χ1n) is 7.80. The van der Waals surface area contributed by atoms with E-state index in [2.05, 4.69) is 0 Å². The summed E-state index contributed by atoms with van der Waals surface area (Å²) in [5.41, 5.74) is 12.0. The molecule has 3 heterocycles. The van der Waals surface area contributed by atoms with Gasteiger partial charge in [-0.25, -0.2) is 0 Å². The number of anilines is 2. The number of ether oxygens (including phenoxy) is 1. The van der Waals surface area contributed by atoms with Gasteiger partial charge in [0.1, 0.15) is 29.2 Å². The van der Waals surface area contributed by atoms with E-state index in [1.54, 1.807) is 24.3 Å². The molecular weight excluding hydrogens is 376 g/mol. The highest BCUT2D eigenvalue weighted by Gasteiger charge is 2.12. The quantitative estimate of drug-likeness (QED) is 0.726. The molecule has 27 heavy (non-hydrogen) atoms. The third-order valence-corrected chi connectivity index (χ3v) is 5.22. The highest BCUT2D eigenvalue weighted by molar-refractivity contribution is 7.17. The predicted octanol–water partition coefficient (Wildman–Crippen LogP) is 4.84. The van der Waals surface area contributed by atoms with E-state index >= 15 is 0 Å². The SMILES string of the molecule is N#CC(C#N)=C1C=C(/C=C/c2ccc(N)s2)OC(/C=C/c2ccc(N)s2)=C1. The molecule has 5 nitrogen and oxygen atoms in total. The van der Waals surface area contributed by atoms with E-state index in [0.717, 1.165) is 19.8 Å². The second kappa shape index (κ2) is 8.24. The minimum atomic E-state index is 0.0239. The van der Waals surface area contributed by atoms with Crippen molar-refractivity contribution >= 4 is 44.8 Å². The molecule has 0 aliphatic carbocycles. The Kier molecular flexibility index (Phi) is 5.58. The Hall–Kier alpha value is -3.52. The monoisotopic (exact) mass is 390 g/mol. The molecule has 0 radical (unpaired) electrons. The van der Waals surface area contributed by atoms with E-state index in [1.165, 1.54) is 22.7 Å². The molecule has 0 fully saturated rings. The Morgan fingerprint density at radius 1 is 0.815 bits per heavy atom. The summed E-state index contributed by atoms with van der Waals surface area (Å²) in [5.74, 6) is 1.04. The van der Waals surface area contributed by atoms with Gasteiger partial charge in [0.2, 0.25) is 0 Å². The van der Waals surface area contributed by atoms with E-state index in [0.29, 0.717) is 17.1 Å². The van der Waals surface area contributed by atoms with Crippen LogP contribution < -0.4 is 11.5 Å². The standard InChI is InChI=1S/C20H14N4OS2/c21-11-14(12-22)13-9-15(1-3-17-5-7-19(23)26-17)25-16(10-13)2-4-18-6-8-20(24)27-18/h1-10H,23-24H2/b3-1+,4-2+. The van der Waals surface area contributed by atoms with E-state index in [1.807, 2.05) is 48.6 Å². The third kappa shape index (κ3) is 4.77. The van der Waals surface area contributed by atoms with Crippen LogP contribution in [0.2, 0.25) is 0 Å². The molecule has 0 unspecified atom stereocenters. The molecule has 2 aromatic rings. The maximum absolute atomic E-state index is 9.18. The number of nitrogen functional groups attached to an aromatic ring is 2. The van der Waals surface area contributed by atoms with Crippen LogP contribution in [0.25, 0.3) is 12.2 Å². The van der Waals surface area contributed by atoms with Crippen molar-refractivity contribution in [2.24, 2.45) is 0 Å². The van der Waals surface area contributed by atoms with Crippen molar-refractivity contribution in [3.8, 4) is 12.1 Å². The second-order valence-electron chi connectivity index (χ2n) is 5.40. The second-order valence-corrected chi connectivity index (χ2v) is 7.69. The van der Waals surface area contributed by atoms with Gasteiger partial charge in [0.15, 0.2) is 0 Å². The van der Waals surface area contributed by atoms with Gasteiger partial charge in [-0.05, 0) is 60.7 Å². The summed E-state index contributed by atoms with van der Waals surface area (Å²) < 4.78 is 5.86. The molecule has 4 N–H and O–H groups in total. The molecule has 1 aliphatic heterocycles. The summed E-state index contributed by atoms with van der Waals surface area (Å²) in [5, 5.41) is 19.8. The number of hydrogen-bond acceptors (Lipinski definition) is 7. The molecule has 132 valence electrons. The molecule has 7 heteroatoms. The molecule has 0 atom stereocenters. The Bertz CT molecular complexity index is 1010. The number of rotatable bonds is 4. The molecule has 0 spiro atoms. The van der Waals surface area contributed by atoms with Crippen molar-refractivity contribution < 1.29 is 4.74 Å². The van der Waals surface area contributed by atoms with Gasteiger partial charge in [-0.1, -0.05) is 0 Å². The lowest BCUT2D eigenvalue weighted by atomic mass is 10.1. The van der Waals surface area contributed by atoms with Gasteiger partial charge in [-0.2, -0.15) is 10.5 Å². The third-order valence-electron chi connectivity index (χ3n) is 3.46. The highest BCUT2D eigenvalue weighted by Crippen LogP contribution is 2.27. The summed E-state index contributed by atoms with van der Waals surface area (Å²) in [6.07, 6.45) is 10.6. The van der Waals surface area contributed by atoms with Crippen molar-refractivity contribution in [2.75, 3.05) is 11.5 Å². The van der Waals surface area contributed by atoms with Crippen molar-refractivity contribution in [2.45, 2.75) is 0 Å².